The predicted molar refractivity (Wildman–Crippen MR) is 105 cm³/mol. The average Bonchev–Trinajstić information content (AvgIpc) is 3.33. The van der Waals surface area contributed by atoms with Gasteiger partial charge in [0.05, 0.1) is 18.7 Å². The lowest BCUT2D eigenvalue weighted by Crippen LogP contribution is -2.27. The van der Waals surface area contributed by atoms with Crippen molar-refractivity contribution in [3.8, 4) is 11.5 Å². The molecule has 148 valence electrons. The molecular formula is C19H22ClN5O3. The predicted octanol–water partition coefficient (Wildman–Crippen LogP) is 3.07. The molecule has 2 aromatic heterocycles. The van der Waals surface area contributed by atoms with Gasteiger partial charge >= 0.3 is 0 Å². The highest BCUT2D eigenvalue weighted by Gasteiger charge is 2.18. The lowest BCUT2D eigenvalue weighted by atomic mass is 10.3. The molecule has 0 saturated carbocycles. The molecular weight excluding hydrogens is 382 g/mol. The number of nitrogens with zero attached hydrogens (tertiary/aromatic N) is 5. The van der Waals surface area contributed by atoms with Crippen LogP contribution < -0.4 is 9.47 Å². The SMILES string of the molecule is CCn1cc(Cl)c(CN(C)C(=O)c2ccn(COc3ccc(OC)cc3)n2)n1. The number of halogens is 1. The highest BCUT2D eigenvalue weighted by molar-refractivity contribution is 6.31. The zero-order valence-electron chi connectivity index (χ0n) is 16.0. The number of carbonyl (C=O) groups excluding carboxylic acids is 1. The van der Waals surface area contributed by atoms with Gasteiger partial charge in [0, 0.05) is 26.0 Å². The lowest BCUT2D eigenvalue weighted by molar-refractivity contribution is 0.0775. The summed E-state index contributed by atoms with van der Waals surface area (Å²) in [7, 11) is 3.30. The molecule has 0 aliphatic heterocycles. The Balaban J connectivity index is 1.58. The van der Waals surface area contributed by atoms with Crippen LogP contribution in [0, 0.1) is 0 Å². The molecule has 0 N–H and O–H groups in total. The molecule has 9 heteroatoms. The van der Waals surface area contributed by atoms with Gasteiger partial charge in [-0.05, 0) is 37.3 Å². The normalized spacial score (nSPS) is 10.7. The molecule has 3 aromatic rings. The average molecular weight is 404 g/mol. The number of hydrogen-bond acceptors (Lipinski definition) is 5. The number of aromatic nitrogens is 4. The van der Waals surface area contributed by atoms with Crippen LogP contribution in [-0.4, -0.2) is 44.5 Å². The number of rotatable bonds is 8. The molecule has 28 heavy (non-hydrogen) atoms. The maximum atomic E-state index is 12.6. The van der Waals surface area contributed by atoms with E-state index in [1.54, 1.807) is 54.1 Å². The Morgan fingerprint density at radius 3 is 2.50 bits per heavy atom. The van der Waals surface area contributed by atoms with Gasteiger partial charge in [-0.1, -0.05) is 11.6 Å². The Labute approximate surface area is 168 Å². The Morgan fingerprint density at radius 1 is 1.14 bits per heavy atom. The fraction of sp³-hybridized carbons (Fsp3) is 0.316. The van der Waals surface area contributed by atoms with E-state index >= 15 is 0 Å². The first kappa shape index (κ1) is 19.8. The largest absolute Gasteiger partial charge is 0.497 e. The van der Waals surface area contributed by atoms with E-state index in [-0.39, 0.29) is 12.6 Å². The Bertz CT molecular complexity index is 935. The number of aryl methyl sites for hydroxylation is 1. The molecule has 3 rings (SSSR count). The van der Waals surface area contributed by atoms with Crippen LogP contribution in [-0.2, 0) is 19.8 Å². The van der Waals surface area contributed by atoms with Gasteiger partial charge in [0.2, 0.25) is 0 Å². The number of methoxy groups -OCH3 is 1. The molecule has 0 atom stereocenters. The molecule has 8 nitrogen and oxygen atoms in total. The first-order chi connectivity index (χ1) is 13.5. The fourth-order valence-electron chi connectivity index (χ4n) is 2.56. The molecule has 0 unspecified atom stereocenters. The maximum Gasteiger partial charge on any atom is 0.274 e. The van der Waals surface area contributed by atoms with Crippen LogP contribution in [0.2, 0.25) is 5.02 Å². The van der Waals surface area contributed by atoms with Gasteiger partial charge < -0.3 is 14.4 Å². The van der Waals surface area contributed by atoms with Crippen LogP contribution in [0.25, 0.3) is 0 Å². The van der Waals surface area contributed by atoms with Crippen molar-refractivity contribution in [2.24, 2.45) is 0 Å². The van der Waals surface area contributed by atoms with Crippen molar-refractivity contribution >= 4 is 17.5 Å². The molecule has 1 amide bonds. The van der Waals surface area contributed by atoms with E-state index in [9.17, 15) is 4.79 Å². The van der Waals surface area contributed by atoms with Crippen LogP contribution in [0.5, 0.6) is 11.5 Å². The third kappa shape index (κ3) is 4.64. The molecule has 0 saturated heterocycles. The highest BCUT2D eigenvalue weighted by Crippen LogP contribution is 2.18. The topological polar surface area (TPSA) is 74.4 Å². The van der Waals surface area contributed by atoms with Crippen molar-refractivity contribution in [2.45, 2.75) is 26.7 Å². The summed E-state index contributed by atoms with van der Waals surface area (Å²) in [6.45, 7) is 3.19. The molecule has 1 aromatic carbocycles. The second-order valence-electron chi connectivity index (χ2n) is 6.13. The zero-order valence-corrected chi connectivity index (χ0v) is 16.8. The van der Waals surface area contributed by atoms with Crippen LogP contribution in [0.4, 0.5) is 0 Å². The third-order valence-corrected chi connectivity index (χ3v) is 4.44. The first-order valence-corrected chi connectivity index (χ1v) is 9.15. The van der Waals surface area contributed by atoms with Crippen molar-refractivity contribution in [1.29, 1.82) is 0 Å². The molecule has 0 radical (unpaired) electrons. The summed E-state index contributed by atoms with van der Waals surface area (Å²) in [5.74, 6) is 1.22. The maximum absolute atomic E-state index is 12.6. The molecule has 0 bridgehead atoms. The van der Waals surface area contributed by atoms with E-state index in [2.05, 4.69) is 10.2 Å². The molecule has 0 aliphatic carbocycles. The highest BCUT2D eigenvalue weighted by atomic mass is 35.5. The zero-order chi connectivity index (χ0) is 20.1. The van der Waals surface area contributed by atoms with Crippen molar-refractivity contribution < 1.29 is 14.3 Å². The van der Waals surface area contributed by atoms with Crippen molar-refractivity contribution in [2.75, 3.05) is 14.2 Å². The second-order valence-corrected chi connectivity index (χ2v) is 6.54. The molecule has 0 spiro atoms. The number of ether oxygens (including phenoxy) is 2. The minimum Gasteiger partial charge on any atom is -0.497 e. The van der Waals surface area contributed by atoms with Crippen molar-refractivity contribution in [3.05, 3.63) is 59.1 Å². The Kier molecular flexibility index (Phi) is 6.20. The summed E-state index contributed by atoms with van der Waals surface area (Å²) in [6.07, 6.45) is 3.45. The molecule has 2 heterocycles. The number of hydrogen-bond donors (Lipinski definition) is 0. The van der Waals surface area contributed by atoms with E-state index in [4.69, 9.17) is 21.1 Å². The summed E-state index contributed by atoms with van der Waals surface area (Å²) in [5, 5.41) is 9.19. The number of benzene rings is 1. The van der Waals surface area contributed by atoms with E-state index in [0.29, 0.717) is 28.7 Å². The number of amides is 1. The van der Waals surface area contributed by atoms with E-state index in [1.165, 1.54) is 4.90 Å². The van der Waals surface area contributed by atoms with Gasteiger partial charge in [0.1, 0.15) is 17.2 Å². The van der Waals surface area contributed by atoms with Crippen LogP contribution in [0.1, 0.15) is 23.1 Å². The van der Waals surface area contributed by atoms with Gasteiger partial charge in [0.15, 0.2) is 12.4 Å². The number of carbonyl (C=O) groups is 1. The summed E-state index contributed by atoms with van der Waals surface area (Å²) in [4.78, 5) is 14.1. The fourth-order valence-corrected chi connectivity index (χ4v) is 2.77. The Morgan fingerprint density at radius 2 is 1.86 bits per heavy atom. The molecule has 0 aliphatic rings. The minimum atomic E-state index is -0.217. The summed E-state index contributed by atoms with van der Waals surface area (Å²) in [5.41, 5.74) is 0.980. The summed E-state index contributed by atoms with van der Waals surface area (Å²) >= 11 is 6.18. The van der Waals surface area contributed by atoms with Crippen LogP contribution in [0.3, 0.4) is 0 Å². The minimum absolute atomic E-state index is 0.191. The van der Waals surface area contributed by atoms with Gasteiger partial charge in [-0.15, -0.1) is 0 Å². The Hall–Kier alpha value is -3.00. The molecule has 0 fully saturated rings. The van der Waals surface area contributed by atoms with Gasteiger partial charge in [-0.25, -0.2) is 4.68 Å². The third-order valence-electron chi connectivity index (χ3n) is 4.13. The van der Waals surface area contributed by atoms with Gasteiger partial charge in [-0.2, -0.15) is 10.2 Å². The van der Waals surface area contributed by atoms with Gasteiger partial charge in [0.25, 0.3) is 5.91 Å². The smallest absolute Gasteiger partial charge is 0.274 e. The van der Waals surface area contributed by atoms with Crippen LogP contribution in [0.15, 0.2) is 42.7 Å². The summed E-state index contributed by atoms with van der Waals surface area (Å²) < 4.78 is 14.1. The van der Waals surface area contributed by atoms with Crippen molar-refractivity contribution in [1.82, 2.24) is 24.5 Å². The lowest BCUT2D eigenvalue weighted by Gasteiger charge is -2.14. The first-order valence-electron chi connectivity index (χ1n) is 8.77. The van der Waals surface area contributed by atoms with E-state index in [1.807, 2.05) is 19.1 Å². The quantitative estimate of drug-likeness (QED) is 0.577. The van der Waals surface area contributed by atoms with Crippen LogP contribution >= 0.6 is 11.6 Å². The van der Waals surface area contributed by atoms with E-state index < -0.39 is 0 Å². The standard InChI is InChI=1S/C19H22ClN5O3/c1-4-24-11-16(20)18(22-24)12-23(2)19(26)17-9-10-25(21-17)13-28-15-7-5-14(27-3)6-8-15/h5-11H,4,12-13H2,1-3H3. The van der Waals surface area contributed by atoms with Crippen molar-refractivity contribution in [3.63, 3.8) is 0 Å². The second kappa shape index (κ2) is 8.79. The monoisotopic (exact) mass is 403 g/mol. The van der Waals surface area contributed by atoms with Gasteiger partial charge in [-0.3, -0.25) is 9.48 Å². The van der Waals surface area contributed by atoms with E-state index in [0.717, 1.165) is 12.3 Å². The summed E-state index contributed by atoms with van der Waals surface area (Å²) in [6, 6.07) is 8.89.